The summed E-state index contributed by atoms with van der Waals surface area (Å²) in [6, 6.07) is 13.5. The van der Waals surface area contributed by atoms with Crippen molar-refractivity contribution in [3.63, 3.8) is 0 Å². The standard InChI is InChI=1S/C36H45N7O5/c44-32-12-11-31(34(46)40-32)43-35(47)26-10-9-24(20-27(26)36(43)48)37-16-5-1-2-8-33(45)41-18-14-25(15-19-41)42-17-13-23(22-42)30-21-38-28-6-3-4-7-29(28)39-30/h3-4,6-7,9-10,20,23,25,30-31,37-39H,1-2,5,8,11-19,21-22H2,(H,40,44,46). The van der Waals surface area contributed by atoms with E-state index in [4.69, 9.17) is 0 Å². The third-order valence-electron chi connectivity index (χ3n) is 10.8. The van der Waals surface area contributed by atoms with Gasteiger partial charge in [-0.25, -0.2) is 0 Å². The van der Waals surface area contributed by atoms with E-state index in [1.54, 1.807) is 18.2 Å². The second kappa shape index (κ2) is 14.0. The Morgan fingerprint density at radius 1 is 0.854 bits per heavy atom. The molecule has 3 unspecified atom stereocenters. The first-order valence-corrected chi connectivity index (χ1v) is 17.6. The lowest BCUT2D eigenvalue weighted by Crippen LogP contribution is -2.54. The summed E-state index contributed by atoms with van der Waals surface area (Å²) in [7, 11) is 0. The molecule has 254 valence electrons. The van der Waals surface area contributed by atoms with E-state index in [9.17, 15) is 24.0 Å². The molecule has 0 bridgehead atoms. The van der Waals surface area contributed by atoms with E-state index in [1.165, 1.54) is 17.8 Å². The monoisotopic (exact) mass is 655 g/mol. The van der Waals surface area contributed by atoms with Crippen LogP contribution in [0, 0.1) is 5.92 Å². The molecule has 2 aromatic carbocycles. The number of anilines is 3. The largest absolute Gasteiger partial charge is 0.385 e. The molecule has 5 amide bonds. The van der Waals surface area contributed by atoms with Gasteiger partial charge in [0, 0.05) is 63.3 Å². The van der Waals surface area contributed by atoms with Crippen LogP contribution in [0.1, 0.15) is 78.5 Å². The molecule has 12 nitrogen and oxygen atoms in total. The van der Waals surface area contributed by atoms with Gasteiger partial charge in [0.05, 0.1) is 22.5 Å². The molecule has 12 heteroatoms. The number of carbonyl (C=O) groups is 5. The zero-order valence-electron chi connectivity index (χ0n) is 27.3. The minimum absolute atomic E-state index is 0.0907. The first-order chi connectivity index (χ1) is 23.4. The second-order valence-corrected chi connectivity index (χ2v) is 13.8. The van der Waals surface area contributed by atoms with Gasteiger partial charge < -0.3 is 20.9 Å². The zero-order valence-corrected chi connectivity index (χ0v) is 27.3. The number of amides is 5. The number of nitrogens with one attached hydrogen (secondary N) is 4. The highest BCUT2D eigenvalue weighted by atomic mass is 16.2. The maximum absolute atomic E-state index is 13.1. The predicted octanol–water partition coefficient (Wildman–Crippen LogP) is 3.28. The molecule has 0 spiro atoms. The minimum Gasteiger partial charge on any atom is -0.385 e. The molecular weight excluding hydrogens is 610 g/mol. The normalized spacial score (nSPS) is 24.5. The van der Waals surface area contributed by atoms with Gasteiger partial charge >= 0.3 is 0 Å². The summed E-state index contributed by atoms with van der Waals surface area (Å²) in [4.78, 5) is 68.4. The van der Waals surface area contributed by atoms with E-state index in [2.05, 4.69) is 50.4 Å². The summed E-state index contributed by atoms with van der Waals surface area (Å²) in [5, 5.41) is 12.9. The van der Waals surface area contributed by atoms with Crippen LogP contribution in [0.4, 0.5) is 17.1 Å². The Morgan fingerprint density at radius 3 is 2.46 bits per heavy atom. The fourth-order valence-corrected chi connectivity index (χ4v) is 8.02. The van der Waals surface area contributed by atoms with Gasteiger partial charge in [0.2, 0.25) is 17.7 Å². The van der Waals surface area contributed by atoms with E-state index in [0.717, 1.165) is 75.4 Å². The molecule has 0 aromatic heterocycles. The molecule has 5 aliphatic heterocycles. The Kier molecular flexibility index (Phi) is 9.34. The number of rotatable bonds is 10. The van der Waals surface area contributed by atoms with Gasteiger partial charge in [-0.15, -0.1) is 0 Å². The SMILES string of the molecule is O=C1CCC(N2C(=O)c3ccc(NCCCCCC(=O)N4CCC(N5CCC(C6CNc7ccccc7N6)C5)CC4)cc3C2=O)C(=O)N1. The smallest absolute Gasteiger partial charge is 0.262 e. The van der Waals surface area contributed by atoms with Crippen LogP contribution in [0.3, 0.4) is 0 Å². The highest BCUT2D eigenvalue weighted by Gasteiger charge is 2.44. The minimum atomic E-state index is -0.972. The van der Waals surface area contributed by atoms with Crippen molar-refractivity contribution in [2.24, 2.45) is 5.92 Å². The number of unbranched alkanes of at least 4 members (excludes halogenated alkanes) is 2. The van der Waals surface area contributed by atoms with Crippen LogP contribution in [0.15, 0.2) is 42.5 Å². The fraction of sp³-hybridized carbons (Fsp3) is 0.528. The van der Waals surface area contributed by atoms with Crippen molar-refractivity contribution in [1.29, 1.82) is 0 Å². The number of benzene rings is 2. The predicted molar refractivity (Wildman–Crippen MR) is 182 cm³/mol. The molecule has 0 aliphatic carbocycles. The Hall–Kier alpha value is -4.45. The summed E-state index contributed by atoms with van der Waals surface area (Å²) in [5.41, 5.74) is 3.64. The number of fused-ring (bicyclic) bond motifs is 2. The topological polar surface area (TPSA) is 143 Å². The molecule has 7 rings (SSSR count). The zero-order chi connectivity index (χ0) is 33.2. The van der Waals surface area contributed by atoms with Gasteiger partial charge in [-0.3, -0.25) is 39.1 Å². The van der Waals surface area contributed by atoms with E-state index in [0.29, 0.717) is 31.0 Å². The van der Waals surface area contributed by atoms with Gasteiger partial charge in [0.1, 0.15) is 6.04 Å². The van der Waals surface area contributed by atoms with Crippen molar-refractivity contribution in [3.8, 4) is 0 Å². The molecule has 4 N–H and O–H groups in total. The Balaban J connectivity index is 0.787. The number of hydrogen-bond donors (Lipinski definition) is 4. The van der Waals surface area contributed by atoms with E-state index in [1.807, 2.05) is 4.90 Å². The van der Waals surface area contributed by atoms with Crippen molar-refractivity contribution in [3.05, 3.63) is 53.6 Å². The molecule has 3 fully saturated rings. The quantitative estimate of drug-likeness (QED) is 0.224. The van der Waals surface area contributed by atoms with Crippen LogP contribution in [-0.2, 0) is 14.4 Å². The van der Waals surface area contributed by atoms with E-state index < -0.39 is 29.7 Å². The van der Waals surface area contributed by atoms with Gasteiger partial charge in [-0.05, 0) is 81.3 Å². The van der Waals surface area contributed by atoms with Crippen LogP contribution < -0.4 is 21.3 Å². The lowest BCUT2D eigenvalue weighted by Gasteiger charge is -2.37. The van der Waals surface area contributed by atoms with Crippen molar-refractivity contribution in [2.75, 3.05) is 55.2 Å². The van der Waals surface area contributed by atoms with Crippen molar-refractivity contribution in [2.45, 2.75) is 75.9 Å². The average molecular weight is 656 g/mol. The van der Waals surface area contributed by atoms with Crippen LogP contribution in [0.5, 0.6) is 0 Å². The highest BCUT2D eigenvalue weighted by Crippen LogP contribution is 2.33. The van der Waals surface area contributed by atoms with Crippen molar-refractivity contribution in [1.82, 2.24) is 20.0 Å². The lowest BCUT2D eigenvalue weighted by molar-refractivity contribution is -0.136. The number of para-hydroxylation sites is 2. The molecule has 0 radical (unpaired) electrons. The number of likely N-dealkylation sites (tertiary alicyclic amines) is 2. The summed E-state index contributed by atoms with van der Waals surface area (Å²) < 4.78 is 0. The van der Waals surface area contributed by atoms with Crippen LogP contribution in [0.25, 0.3) is 0 Å². The molecule has 0 saturated carbocycles. The van der Waals surface area contributed by atoms with Crippen molar-refractivity contribution >= 4 is 46.6 Å². The van der Waals surface area contributed by atoms with Crippen LogP contribution in [-0.4, -0.2) is 102 Å². The maximum atomic E-state index is 13.1. The Labute approximate surface area is 281 Å². The molecule has 5 aliphatic rings. The summed E-state index contributed by atoms with van der Waals surface area (Å²) in [5.74, 6) is -1.15. The molecular formula is C36H45N7O5. The van der Waals surface area contributed by atoms with E-state index >= 15 is 0 Å². The van der Waals surface area contributed by atoms with Gasteiger partial charge in [0.25, 0.3) is 11.8 Å². The molecule has 3 atom stereocenters. The Bertz CT molecular complexity index is 1590. The average Bonchev–Trinajstić information content (AvgIpc) is 3.69. The highest BCUT2D eigenvalue weighted by molar-refractivity contribution is 6.23. The number of nitrogens with zero attached hydrogens (tertiary/aromatic N) is 3. The summed E-state index contributed by atoms with van der Waals surface area (Å²) in [6.07, 6.45) is 6.69. The first-order valence-electron chi connectivity index (χ1n) is 17.6. The first kappa shape index (κ1) is 32.1. The maximum Gasteiger partial charge on any atom is 0.262 e. The third kappa shape index (κ3) is 6.63. The molecule has 3 saturated heterocycles. The van der Waals surface area contributed by atoms with Gasteiger partial charge in [0.15, 0.2) is 0 Å². The van der Waals surface area contributed by atoms with Gasteiger partial charge in [-0.2, -0.15) is 0 Å². The number of hydrogen-bond acceptors (Lipinski definition) is 9. The summed E-state index contributed by atoms with van der Waals surface area (Å²) >= 11 is 0. The molecule has 48 heavy (non-hydrogen) atoms. The Morgan fingerprint density at radius 2 is 1.65 bits per heavy atom. The van der Waals surface area contributed by atoms with Crippen LogP contribution in [0.2, 0.25) is 0 Å². The van der Waals surface area contributed by atoms with E-state index in [-0.39, 0.29) is 29.9 Å². The summed E-state index contributed by atoms with van der Waals surface area (Å²) in [6.45, 7) is 5.56. The van der Waals surface area contributed by atoms with Gasteiger partial charge in [-0.1, -0.05) is 18.6 Å². The number of imide groups is 2. The molecule has 5 heterocycles. The van der Waals surface area contributed by atoms with Crippen molar-refractivity contribution < 1.29 is 24.0 Å². The molecule has 2 aromatic rings. The third-order valence-corrected chi connectivity index (χ3v) is 10.8. The number of piperidine rings is 2. The lowest BCUT2D eigenvalue weighted by atomic mass is 9.96. The number of carbonyl (C=O) groups excluding carboxylic acids is 5. The van der Waals surface area contributed by atoms with Crippen LogP contribution >= 0.6 is 0 Å². The second-order valence-electron chi connectivity index (χ2n) is 13.8. The fourth-order valence-electron chi connectivity index (χ4n) is 8.02.